The molecular weight excluding hydrogens is 432 g/mol. The molecule has 0 atom stereocenters. The molecule has 2 aromatic carbocycles. The summed E-state index contributed by atoms with van der Waals surface area (Å²) in [7, 11) is 0. The van der Waals surface area contributed by atoms with Crippen LogP contribution in [0.15, 0.2) is 60.7 Å². The molecule has 1 saturated heterocycles. The molecule has 164 valence electrons. The normalized spacial score (nSPS) is 14.0. The molecule has 1 amide bonds. The summed E-state index contributed by atoms with van der Waals surface area (Å²) in [6, 6.07) is 19.1. The van der Waals surface area contributed by atoms with Crippen molar-refractivity contribution in [2.75, 3.05) is 18.0 Å². The van der Waals surface area contributed by atoms with Crippen LogP contribution in [0, 0.1) is 6.92 Å². The number of amides is 1. The summed E-state index contributed by atoms with van der Waals surface area (Å²) in [5, 5.41) is 12.2. The SMILES string of the molecule is Cc1ccc(C(=O)N(c2cc(-c3ccccc3)sc2C(=O)O)C2CC[NH2+]CC2)cc1.[Cl-].[HH]. The van der Waals surface area contributed by atoms with Gasteiger partial charge in [-0.15, -0.1) is 11.3 Å². The number of hydrogen-bond acceptors (Lipinski definition) is 3. The molecule has 7 heteroatoms. The summed E-state index contributed by atoms with van der Waals surface area (Å²) in [5.74, 6) is -1.14. The maximum absolute atomic E-state index is 13.6. The average Bonchev–Trinajstić information content (AvgIpc) is 3.21. The van der Waals surface area contributed by atoms with E-state index in [4.69, 9.17) is 0 Å². The highest BCUT2D eigenvalue weighted by Crippen LogP contribution is 2.39. The molecule has 0 radical (unpaired) electrons. The fraction of sp³-hybridized carbons (Fsp3) is 0.250. The van der Waals surface area contributed by atoms with Gasteiger partial charge in [0.05, 0.1) is 18.8 Å². The van der Waals surface area contributed by atoms with E-state index in [-0.39, 0.29) is 30.7 Å². The first-order chi connectivity index (χ1) is 14.5. The highest BCUT2D eigenvalue weighted by molar-refractivity contribution is 7.18. The Labute approximate surface area is 193 Å². The lowest BCUT2D eigenvalue weighted by Gasteiger charge is -2.33. The Kier molecular flexibility index (Phi) is 7.49. The third kappa shape index (κ3) is 4.98. The number of rotatable bonds is 5. The smallest absolute Gasteiger partial charge is 0.348 e. The number of carboxylic acid groups (broad SMARTS) is 1. The molecule has 3 aromatic rings. The van der Waals surface area contributed by atoms with Crippen molar-refractivity contribution in [2.24, 2.45) is 0 Å². The van der Waals surface area contributed by atoms with E-state index in [1.165, 1.54) is 11.3 Å². The van der Waals surface area contributed by atoms with Gasteiger partial charge in [0.25, 0.3) is 5.91 Å². The van der Waals surface area contributed by atoms with Crippen molar-refractivity contribution >= 4 is 28.9 Å². The molecule has 0 aliphatic carbocycles. The van der Waals surface area contributed by atoms with Gasteiger partial charge in [-0.25, -0.2) is 4.79 Å². The monoisotopic (exact) mass is 458 g/mol. The van der Waals surface area contributed by atoms with Crippen molar-refractivity contribution in [1.82, 2.24) is 0 Å². The number of carbonyl (C=O) groups is 2. The zero-order valence-corrected chi connectivity index (χ0v) is 18.8. The summed E-state index contributed by atoms with van der Waals surface area (Å²) in [5.41, 5.74) is 3.12. The van der Waals surface area contributed by atoms with Crippen LogP contribution in [0.5, 0.6) is 0 Å². The standard InChI is InChI=1S/C24H24N2O3S.ClH.H2/c1-16-7-9-18(10-8-16)23(27)26(19-11-13-25-14-12-19)20-15-21(30-22(20)24(28)29)17-5-3-2-4-6-17;;/h2-10,15,19,25H,11-14H2,1H3,(H,28,29);2*1H. The van der Waals surface area contributed by atoms with Crippen LogP contribution in [0.25, 0.3) is 10.4 Å². The Hall–Kier alpha value is -2.67. The largest absolute Gasteiger partial charge is 1.00 e. The molecule has 1 aliphatic rings. The third-order valence-corrected chi connectivity index (χ3v) is 6.68. The lowest BCUT2D eigenvalue weighted by atomic mass is 10.0. The number of quaternary nitrogens is 1. The number of aryl methyl sites for hydroxylation is 1. The number of halogens is 1. The molecule has 0 saturated carbocycles. The summed E-state index contributed by atoms with van der Waals surface area (Å²) >= 11 is 1.23. The van der Waals surface area contributed by atoms with Crippen molar-refractivity contribution < 1.29 is 33.8 Å². The minimum absolute atomic E-state index is 0. The van der Waals surface area contributed by atoms with Gasteiger partial charge in [0.2, 0.25) is 0 Å². The van der Waals surface area contributed by atoms with Crippen LogP contribution in [-0.4, -0.2) is 36.1 Å². The molecule has 1 aromatic heterocycles. The second kappa shape index (κ2) is 10.1. The molecule has 4 rings (SSSR count). The molecular formula is C24H27ClN2O3S. The van der Waals surface area contributed by atoms with Gasteiger partial charge in [0, 0.05) is 30.8 Å². The van der Waals surface area contributed by atoms with Crippen molar-refractivity contribution in [3.05, 3.63) is 76.7 Å². The molecule has 3 N–H and O–H groups in total. The fourth-order valence-electron chi connectivity index (χ4n) is 3.93. The fourth-order valence-corrected chi connectivity index (χ4v) is 4.93. The van der Waals surface area contributed by atoms with Gasteiger partial charge in [-0.1, -0.05) is 48.0 Å². The van der Waals surface area contributed by atoms with Gasteiger partial charge in [-0.05, 0) is 30.7 Å². The highest BCUT2D eigenvalue weighted by Gasteiger charge is 2.33. The van der Waals surface area contributed by atoms with Gasteiger partial charge in [-0.3, -0.25) is 4.79 Å². The van der Waals surface area contributed by atoms with Gasteiger partial charge in [0.1, 0.15) is 4.88 Å². The van der Waals surface area contributed by atoms with E-state index >= 15 is 0 Å². The third-order valence-electron chi connectivity index (χ3n) is 5.52. The van der Waals surface area contributed by atoms with Crippen LogP contribution in [0.3, 0.4) is 0 Å². The predicted octanol–water partition coefficient (Wildman–Crippen LogP) is 1.04. The topological polar surface area (TPSA) is 74.2 Å². The molecule has 31 heavy (non-hydrogen) atoms. The molecule has 0 unspecified atom stereocenters. The van der Waals surface area contributed by atoms with E-state index in [0.717, 1.165) is 41.9 Å². The minimum atomic E-state index is -0.999. The van der Waals surface area contributed by atoms with Crippen LogP contribution < -0.4 is 22.6 Å². The number of aromatic carboxylic acids is 1. The van der Waals surface area contributed by atoms with Crippen LogP contribution in [0.1, 0.15) is 39.9 Å². The Morgan fingerprint density at radius 1 is 1.06 bits per heavy atom. The van der Waals surface area contributed by atoms with Crippen LogP contribution in [0.4, 0.5) is 5.69 Å². The Balaban J connectivity index is 0.00000181. The van der Waals surface area contributed by atoms with Gasteiger partial charge in [0.15, 0.2) is 0 Å². The summed E-state index contributed by atoms with van der Waals surface area (Å²) in [6.45, 7) is 3.84. The summed E-state index contributed by atoms with van der Waals surface area (Å²) in [6.07, 6.45) is 1.68. The van der Waals surface area contributed by atoms with Crippen molar-refractivity contribution in [1.29, 1.82) is 0 Å². The van der Waals surface area contributed by atoms with Crippen molar-refractivity contribution in [2.45, 2.75) is 25.8 Å². The van der Waals surface area contributed by atoms with E-state index in [9.17, 15) is 14.7 Å². The van der Waals surface area contributed by atoms with Gasteiger partial charge in [-0.2, -0.15) is 0 Å². The Morgan fingerprint density at radius 2 is 1.71 bits per heavy atom. The molecule has 0 spiro atoms. The first kappa shape index (κ1) is 23.0. The van der Waals surface area contributed by atoms with E-state index < -0.39 is 5.97 Å². The maximum Gasteiger partial charge on any atom is 0.348 e. The Morgan fingerprint density at radius 3 is 2.32 bits per heavy atom. The molecule has 0 bridgehead atoms. The number of piperidine rings is 1. The van der Waals surface area contributed by atoms with E-state index in [2.05, 4.69) is 5.32 Å². The summed E-state index contributed by atoms with van der Waals surface area (Å²) < 4.78 is 0. The Bertz CT molecular complexity index is 1050. The predicted molar refractivity (Wildman–Crippen MR) is 121 cm³/mol. The second-order valence-electron chi connectivity index (χ2n) is 7.63. The number of anilines is 1. The van der Waals surface area contributed by atoms with Gasteiger partial charge < -0.3 is 27.7 Å². The number of thiophene rings is 1. The number of nitrogens with zero attached hydrogens (tertiary/aromatic N) is 1. The van der Waals surface area contributed by atoms with E-state index in [1.807, 2.05) is 67.6 Å². The number of benzene rings is 2. The maximum atomic E-state index is 13.6. The van der Waals surface area contributed by atoms with Crippen LogP contribution >= 0.6 is 11.3 Å². The first-order valence-electron chi connectivity index (χ1n) is 10.2. The highest BCUT2D eigenvalue weighted by atomic mass is 35.5. The van der Waals surface area contributed by atoms with Gasteiger partial charge >= 0.3 is 5.97 Å². The zero-order chi connectivity index (χ0) is 21.1. The van der Waals surface area contributed by atoms with Crippen molar-refractivity contribution in [3.63, 3.8) is 0 Å². The molecule has 2 heterocycles. The van der Waals surface area contributed by atoms with Crippen LogP contribution in [-0.2, 0) is 0 Å². The first-order valence-corrected chi connectivity index (χ1v) is 11.0. The average molecular weight is 459 g/mol. The number of hydrogen-bond donors (Lipinski definition) is 2. The van der Waals surface area contributed by atoms with E-state index in [1.54, 1.807) is 4.90 Å². The lowest BCUT2D eigenvalue weighted by molar-refractivity contribution is -0.662. The summed E-state index contributed by atoms with van der Waals surface area (Å²) in [4.78, 5) is 28.5. The van der Waals surface area contributed by atoms with Crippen LogP contribution in [0.2, 0.25) is 0 Å². The quantitative estimate of drug-likeness (QED) is 0.600. The lowest BCUT2D eigenvalue weighted by Crippen LogP contribution is -3.00. The number of carbonyl (C=O) groups excluding carboxylic acids is 1. The minimum Gasteiger partial charge on any atom is -1.00 e. The number of carboxylic acids is 1. The molecule has 5 nitrogen and oxygen atoms in total. The second-order valence-corrected chi connectivity index (χ2v) is 8.69. The molecule has 1 aliphatic heterocycles. The van der Waals surface area contributed by atoms with Crippen molar-refractivity contribution in [3.8, 4) is 10.4 Å². The molecule has 1 fully saturated rings. The number of nitrogens with two attached hydrogens (primary N) is 1. The van der Waals surface area contributed by atoms with E-state index in [0.29, 0.717) is 11.3 Å². The zero-order valence-electron chi connectivity index (χ0n) is 17.3.